The third-order valence-electron chi connectivity index (χ3n) is 8.14. The second-order valence-electron chi connectivity index (χ2n) is 10.1. The summed E-state index contributed by atoms with van der Waals surface area (Å²) in [7, 11) is 0. The number of nitrogens with zero attached hydrogens (tertiary/aromatic N) is 5. The number of rotatable bonds is 4. The molecule has 0 spiro atoms. The Morgan fingerprint density at radius 3 is 1.47 bits per heavy atom. The highest BCUT2D eigenvalue weighted by Crippen LogP contribution is 2.44. The van der Waals surface area contributed by atoms with Gasteiger partial charge in [-0.25, -0.2) is 0 Å². The molecule has 2 aromatic carbocycles. The molecule has 5 heterocycles. The van der Waals surface area contributed by atoms with Crippen LogP contribution in [0.4, 0.5) is 11.4 Å². The lowest BCUT2D eigenvalue weighted by molar-refractivity contribution is -0.120. The van der Waals surface area contributed by atoms with E-state index in [-0.39, 0.29) is 36.2 Å². The molecule has 182 valence electrons. The number of anilines is 2. The van der Waals surface area contributed by atoms with Crippen LogP contribution in [0, 0.1) is 0 Å². The quantitative estimate of drug-likeness (QED) is 0.564. The molecule has 0 saturated carbocycles. The Hall–Kier alpha value is -3.55. The molecule has 4 fully saturated rings. The van der Waals surface area contributed by atoms with Crippen molar-refractivity contribution >= 4 is 23.2 Å². The third-order valence-corrected chi connectivity index (χ3v) is 8.14. The van der Waals surface area contributed by atoms with Gasteiger partial charge in [0.05, 0.1) is 23.5 Å². The van der Waals surface area contributed by atoms with Crippen LogP contribution in [-0.4, -0.2) is 51.8 Å². The smallest absolute Gasteiger partial charge is 0.246 e. The lowest BCUT2D eigenvalue weighted by Crippen LogP contribution is -2.35. The Morgan fingerprint density at radius 1 is 0.583 bits per heavy atom. The van der Waals surface area contributed by atoms with Crippen LogP contribution in [-0.2, 0) is 9.59 Å². The maximum Gasteiger partial charge on any atom is 0.246 e. The molecule has 4 aliphatic rings. The van der Waals surface area contributed by atoms with E-state index in [1.165, 1.54) is 0 Å². The van der Waals surface area contributed by atoms with Crippen LogP contribution in [0.15, 0.2) is 78.9 Å². The summed E-state index contributed by atoms with van der Waals surface area (Å²) in [5.74, 6) is 0.301. The zero-order chi connectivity index (χ0) is 24.2. The van der Waals surface area contributed by atoms with Crippen molar-refractivity contribution in [1.82, 2.24) is 14.8 Å². The number of hydrogen-bond donors (Lipinski definition) is 0. The van der Waals surface area contributed by atoms with E-state index in [9.17, 15) is 9.59 Å². The van der Waals surface area contributed by atoms with Gasteiger partial charge in [0.25, 0.3) is 0 Å². The number of benzene rings is 2. The van der Waals surface area contributed by atoms with Crippen molar-refractivity contribution in [2.75, 3.05) is 22.9 Å². The first kappa shape index (κ1) is 21.7. The van der Waals surface area contributed by atoms with Gasteiger partial charge in [-0.1, -0.05) is 42.5 Å². The first-order valence-corrected chi connectivity index (χ1v) is 13.0. The van der Waals surface area contributed by atoms with Crippen LogP contribution in [0.1, 0.15) is 49.4 Å². The Labute approximate surface area is 210 Å². The molecule has 0 N–H and O–H groups in total. The van der Waals surface area contributed by atoms with Crippen LogP contribution < -0.4 is 9.80 Å². The third kappa shape index (κ3) is 3.23. The zero-order valence-electron chi connectivity index (χ0n) is 20.1. The lowest BCUT2D eigenvalue weighted by Gasteiger charge is -2.32. The highest BCUT2D eigenvalue weighted by atomic mass is 16.2. The van der Waals surface area contributed by atoms with Gasteiger partial charge in [-0.05, 0) is 62.1 Å². The van der Waals surface area contributed by atoms with Crippen molar-refractivity contribution in [2.45, 2.75) is 50.1 Å². The van der Waals surface area contributed by atoms with E-state index in [4.69, 9.17) is 4.98 Å². The fourth-order valence-electron chi connectivity index (χ4n) is 6.63. The largest absolute Gasteiger partial charge is 0.289 e. The molecule has 2 amide bonds. The van der Waals surface area contributed by atoms with Crippen molar-refractivity contribution in [1.29, 1.82) is 0 Å². The fraction of sp³-hybridized carbons (Fsp3) is 0.345. The van der Waals surface area contributed by atoms with Crippen LogP contribution in [0.3, 0.4) is 0 Å². The first-order valence-electron chi connectivity index (χ1n) is 13.0. The van der Waals surface area contributed by atoms with Crippen molar-refractivity contribution in [2.24, 2.45) is 0 Å². The van der Waals surface area contributed by atoms with Gasteiger partial charge in [0.1, 0.15) is 12.3 Å². The van der Waals surface area contributed by atoms with E-state index < -0.39 is 0 Å². The number of amides is 2. The van der Waals surface area contributed by atoms with Crippen LogP contribution in [0.5, 0.6) is 0 Å². The molecule has 36 heavy (non-hydrogen) atoms. The summed E-state index contributed by atoms with van der Waals surface area (Å²) in [5.41, 5.74) is 3.51. The molecular formula is C29H29N5O2. The van der Waals surface area contributed by atoms with Gasteiger partial charge in [0.2, 0.25) is 11.8 Å². The average molecular weight is 480 g/mol. The molecule has 0 bridgehead atoms. The SMILES string of the molecule is O=C1[C@@H]2CCCN2[C@@H](c2cccc([C@H]3N(c4ccccc4)C(=O)[C@@H]4CCCN43)n2)N1c1ccccc1. The molecule has 4 aliphatic heterocycles. The molecular weight excluding hydrogens is 450 g/mol. The lowest BCUT2D eigenvalue weighted by atomic mass is 10.1. The minimum absolute atomic E-state index is 0.0995. The van der Waals surface area contributed by atoms with E-state index in [0.717, 1.165) is 61.5 Å². The van der Waals surface area contributed by atoms with Gasteiger partial charge < -0.3 is 0 Å². The van der Waals surface area contributed by atoms with Crippen molar-refractivity contribution in [3.05, 3.63) is 90.3 Å². The van der Waals surface area contributed by atoms with E-state index in [2.05, 4.69) is 9.80 Å². The Balaban J connectivity index is 1.32. The fourth-order valence-corrected chi connectivity index (χ4v) is 6.63. The predicted octanol–water partition coefficient (Wildman–Crippen LogP) is 4.10. The summed E-state index contributed by atoms with van der Waals surface area (Å²) >= 11 is 0. The minimum Gasteiger partial charge on any atom is -0.289 e. The molecule has 0 radical (unpaired) electrons. The summed E-state index contributed by atoms with van der Waals surface area (Å²) < 4.78 is 0. The normalized spacial score (nSPS) is 28.2. The number of para-hydroxylation sites is 2. The van der Waals surface area contributed by atoms with Crippen molar-refractivity contribution in [3.8, 4) is 0 Å². The predicted molar refractivity (Wildman–Crippen MR) is 137 cm³/mol. The maximum absolute atomic E-state index is 13.5. The summed E-state index contributed by atoms with van der Waals surface area (Å²) in [6, 6.07) is 25.7. The van der Waals surface area contributed by atoms with Crippen LogP contribution in [0.25, 0.3) is 0 Å². The van der Waals surface area contributed by atoms with Gasteiger partial charge in [-0.3, -0.25) is 34.2 Å². The number of aromatic nitrogens is 1. The van der Waals surface area contributed by atoms with Crippen LogP contribution >= 0.6 is 0 Å². The monoisotopic (exact) mass is 479 g/mol. The number of carbonyl (C=O) groups is 2. The molecule has 0 aliphatic carbocycles. The summed E-state index contributed by atoms with van der Waals surface area (Å²) in [6.07, 6.45) is 3.31. The molecule has 3 aromatic rings. The van der Waals surface area contributed by atoms with E-state index in [0.29, 0.717) is 0 Å². The topological polar surface area (TPSA) is 60.0 Å². The highest BCUT2D eigenvalue weighted by molar-refractivity contribution is 6.01. The second-order valence-corrected chi connectivity index (χ2v) is 10.1. The molecule has 4 atom stereocenters. The van der Waals surface area contributed by atoms with E-state index in [1.54, 1.807) is 0 Å². The summed E-state index contributed by atoms with van der Waals surface area (Å²) in [6.45, 7) is 1.76. The van der Waals surface area contributed by atoms with E-state index >= 15 is 0 Å². The number of pyridine rings is 1. The zero-order valence-corrected chi connectivity index (χ0v) is 20.1. The highest BCUT2D eigenvalue weighted by Gasteiger charge is 2.52. The van der Waals surface area contributed by atoms with Gasteiger partial charge in [-0.15, -0.1) is 0 Å². The molecule has 7 nitrogen and oxygen atoms in total. The maximum atomic E-state index is 13.5. The molecule has 7 heteroatoms. The van der Waals surface area contributed by atoms with E-state index in [1.807, 2.05) is 88.7 Å². The van der Waals surface area contributed by atoms with Gasteiger partial charge in [0, 0.05) is 24.5 Å². The number of hydrogen-bond acceptors (Lipinski definition) is 5. The average Bonchev–Trinajstić information content (AvgIpc) is 3.69. The van der Waals surface area contributed by atoms with Crippen molar-refractivity contribution in [3.63, 3.8) is 0 Å². The van der Waals surface area contributed by atoms with Gasteiger partial charge >= 0.3 is 0 Å². The Kier molecular flexibility index (Phi) is 5.15. The Morgan fingerprint density at radius 2 is 1.03 bits per heavy atom. The van der Waals surface area contributed by atoms with Gasteiger partial charge in [-0.2, -0.15) is 0 Å². The Bertz CT molecular complexity index is 1200. The van der Waals surface area contributed by atoms with Crippen molar-refractivity contribution < 1.29 is 9.59 Å². The molecule has 1 aromatic heterocycles. The minimum atomic E-state index is -0.246. The summed E-state index contributed by atoms with van der Waals surface area (Å²) in [5, 5.41) is 0. The standard InChI is InChI=1S/C29H29N5O2/c35-28-24-16-8-18-31(24)26(33(28)20-10-3-1-4-11-20)22-14-7-15-23(30-22)27-32-19-9-17-25(32)29(36)34(27)21-12-5-2-6-13-21/h1-7,10-15,24-27H,8-9,16-19H2/t24-,25-,26+,27+/m0/s1. The van der Waals surface area contributed by atoms with Crippen LogP contribution in [0.2, 0.25) is 0 Å². The molecule has 7 rings (SSSR count). The summed E-state index contributed by atoms with van der Waals surface area (Å²) in [4.78, 5) is 40.7. The van der Waals surface area contributed by atoms with Gasteiger partial charge in [0.15, 0.2) is 0 Å². The first-order chi connectivity index (χ1) is 17.7. The number of fused-ring (bicyclic) bond motifs is 2. The second kappa shape index (κ2) is 8.54. The molecule has 4 saturated heterocycles. The molecule has 0 unspecified atom stereocenters. The number of carbonyl (C=O) groups excluding carboxylic acids is 2.